The van der Waals surface area contributed by atoms with Gasteiger partial charge in [0.05, 0.1) is 19.9 Å². The Labute approximate surface area is 181 Å². The van der Waals surface area contributed by atoms with Crippen LogP contribution in [0.4, 0.5) is 11.6 Å². The maximum Gasteiger partial charge on any atom is 0.345 e. The van der Waals surface area contributed by atoms with E-state index in [1.165, 1.54) is 11.8 Å². The molecule has 31 heavy (non-hydrogen) atoms. The van der Waals surface area contributed by atoms with Crippen LogP contribution in [0.5, 0.6) is 11.6 Å². The lowest BCUT2D eigenvalue weighted by Gasteiger charge is -2.23. The number of benzene rings is 2. The summed E-state index contributed by atoms with van der Waals surface area (Å²) >= 11 is 0. The lowest BCUT2D eigenvalue weighted by Crippen LogP contribution is -2.26. The van der Waals surface area contributed by atoms with E-state index in [2.05, 4.69) is 33.9 Å². The van der Waals surface area contributed by atoms with Gasteiger partial charge in [-0.3, -0.25) is 0 Å². The number of fused-ring (bicyclic) bond motifs is 1. The van der Waals surface area contributed by atoms with Crippen LogP contribution in [-0.4, -0.2) is 35.7 Å². The zero-order valence-corrected chi connectivity index (χ0v) is 17.9. The summed E-state index contributed by atoms with van der Waals surface area (Å²) in [6.45, 7) is 4.39. The van der Waals surface area contributed by atoms with Gasteiger partial charge in [0, 0.05) is 11.7 Å². The van der Waals surface area contributed by atoms with Crippen molar-refractivity contribution in [2.24, 2.45) is 0 Å². The van der Waals surface area contributed by atoms with Crippen LogP contribution < -0.4 is 14.4 Å². The predicted octanol–water partition coefficient (Wildman–Crippen LogP) is 4.32. The van der Waals surface area contributed by atoms with Gasteiger partial charge in [-0.1, -0.05) is 30.3 Å². The van der Waals surface area contributed by atoms with Gasteiger partial charge in [-0.25, -0.2) is 9.78 Å². The molecule has 0 bridgehead atoms. The van der Waals surface area contributed by atoms with E-state index in [0.29, 0.717) is 5.95 Å². The van der Waals surface area contributed by atoms with Crippen LogP contribution in [0.15, 0.2) is 54.7 Å². The molecule has 0 N–H and O–H groups in total. The van der Waals surface area contributed by atoms with Gasteiger partial charge < -0.3 is 19.1 Å². The minimum absolute atomic E-state index is 0.195. The SMILES string of the molecule is CCOC(=O)c1cnc(N2c3ccccc3CC2C)nc1OCc1ccc(OC)cc1. The Morgan fingerprint density at radius 1 is 1.16 bits per heavy atom. The molecule has 2 heterocycles. The van der Waals surface area contributed by atoms with Gasteiger partial charge in [0.2, 0.25) is 11.8 Å². The van der Waals surface area contributed by atoms with Gasteiger partial charge in [-0.05, 0) is 49.6 Å². The molecule has 160 valence electrons. The summed E-state index contributed by atoms with van der Waals surface area (Å²) in [5.74, 6) is 0.960. The molecule has 3 aromatic rings. The highest BCUT2D eigenvalue weighted by molar-refractivity contribution is 5.91. The van der Waals surface area contributed by atoms with Crippen LogP contribution in [0.1, 0.15) is 35.3 Å². The van der Waals surface area contributed by atoms with Gasteiger partial charge >= 0.3 is 5.97 Å². The molecule has 1 atom stereocenters. The molecule has 2 aromatic carbocycles. The first-order valence-corrected chi connectivity index (χ1v) is 10.3. The highest BCUT2D eigenvalue weighted by Crippen LogP contribution is 2.37. The average molecular weight is 419 g/mol. The predicted molar refractivity (Wildman–Crippen MR) is 117 cm³/mol. The number of para-hydroxylation sites is 1. The Morgan fingerprint density at radius 3 is 2.68 bits per heavy atom. The number of rotatable bonds is 7. The van der Waals surface area contributed by atoms with Crippen LogP contribution in [0.3, 0.4) is 0 Å². The van der Waals surface area contributed by atoms with Crippen LogP contribution >= 0.6 is 0 Å². The molecular formula is C24H25N3O4. The second kappa shape index (κ2) is 9.04. The Hall–Kier alpha value is -3.61. The molecule has 1 aromatic heterocycles. The molecular weight excluding hydrogens is 394 g/mol. The van der Waals surface area contributed by atoms with Crippen molar-refractivity contribution in [3.63, 3.8) is 0 Å². The minimum Gasteiger partial charge on any atom is -0.497 e. The van der Waals surface area contributed by atoms with E-state index >= 15 is 0 Å². The van der Waals surface area contributed by atoms with E-state index in [-0.39, 0.29) is 30.7 Å². The van der Waals surface area contributed by atoms with Crippen molar-refractivity contribution >= 4 is 17.6 Å². The van der Waals surface area contributed by atoms with E-state index in [0.717, 1.165) is 23.4 Å². The van der Waals surface area contributed by atoms with Crippen molar-refractivity contribution in [1.82, 2.24) is 9.97 Å². The maximum atomic E-state index is 12.4. The van der Waals surface area contributed by atoms with Gasteiger partial charge in [0.15, 0.2) is 0 Å². The van der Waals surface area contributed by atoms with Crippen LogP contribution in [0.2, 0.25) is 0 Å². The smallest absolute Gasteiger partial charge is 0.345 e. The molecule has 7 heteroatoms. The monoisotopic (exact) mass is 419 g/mol. The number of hydrogen-bond acceptors (Lipinski definition) is 7. The summed E-state index contributed by atoms with van der Waals surface area (Å²) in [7, 11) is 1.62. The second-order valence-electron chi connectivity index (χ2n) is 7.30. The van der Waals surface area contributed by atoms with Crippen molar-refractivity contribution in [2.75, 3.05) is 18.6 Å². The zero-order valence-electron chi connectivity index (χ0n) is 17.9. The third-order valence-corrected chi connectivity index (χ3v) is 5.19. The Bertz CT molecular complexity index is 1070. The minimum atomic E-state index is -0.506. The third-order valence-electron chi connectivity index (χ3n) is 5.19. The van der Waals surface area contributed by atoms with Crippen molar-refractivity contribution < 1.29 is 19.0 Å². The molecule has 0 fully saturated rings. The quantitative estimate of drug-likeness (QED) is 0.528. The van der Waals surface area contributed by atoms with Crippen LogP contribution in [0, 0.1) is 0 Å². The van der Waals surface area contributed by atoms with E-state index in [4.69, 9.17) is 14.2 Å². The summed E-state index contributed by atoms with van der Waals surface area (Å²) in [6.07, 6.45) is 2.39. The number of aromatic nitrogens is 2. The van der Waals surface area contributed by atoms with Crippen molar-refractivity contribution in [3.8, 4) is 11.6 Å². The number of carbonyl (C=O) groups is 1. The highest BCUT2D eigenvalue weighted by Gasteiger charge is 2.30. The molecule has 0 spiro atoms. The Balaban J connectivity index is 1.65. The zero-order chi connectivity index (χ0) is 21.8. The molecule has 4 rings (SSSR count). The molecule has 1 aliphatic rings. The molecule has 0 amide bonds. The summed E-state index contributed by atoms with van der Waals surface area (Å²) in [5, 5.41) is 0. The first kappa shape index (κ1) is 20.7. The van der Waals surface area contributed by atoms with Gasteiger partial charge in [-0.2, -0.15) is 4.98 Å². The first-order chi connectivity index (χ1) is 15.1. The highest BCUT2D eigenvalue weighted by atomic mass is 16.5. The summed E-state index contributed by atoms with van der Waals surface area (Å²) in [6, 6.07) is 15.9. The van der Waals surface area contributed by atoms with E-state index in [1.807, 2.05) is 36.4 Å². The van der Waals surface area contributed by atoms with E-state index in [9.17, 15) is 4.79 Å². The fraction of sp³-hybridized carbons (Fsp3) is 0.292. The lowest BCUT2D eigenvalue weighted by molar-refractivity contribution is 0.0519. The maximum absolute atomic E-state index is 12.4. The van der Waals surface area contributed by atoms with Gasteiger partial charge in [-0.15, -0.1) is 0 Å². The van der Waals surface area contributed by atoms with Gasteiger partial charge in [0.1, 0.15) is 17.9 Å². The normalized spacial score (nSPS) is 14.8. The summed E-state index contributed by atoms with van der Waals surface area (Å²) in [4.78, 5) is 23.6. The standard InChI is InChI=1S/C24H25N3O4/c1-4-30-23(28)20-14-25-24(27-16(2)13-18-7-5-6-8-21(18)27)26-22(20)31-15-17-9-11-19(29-3)12-10-17/h5-12,14,16H,4,13,15H2,1-3H3. The number of methoxy groups -OCH3 is 1. The van der Waals surface area contributed by atoms with Crippen molar-refractivity contribution in [3.05, 3.63) is 71.4 Å². The van der Waals surface area contributed by atoms with E-state index < -0.39 is 5.97 Å². The molecule has 0 aliphatic carbocycles. The first-order valence-electron chi connectivity index (χ1n) is 10.3. The summed E-state index contributed by atoms with van der Waals surface area (Å²) < 4.78 is 16.3. The molecule has 0 saturated carbocycles. The number of esters is 1. The van der Waals surface area contributed by atoms with Gasteiger partial charge in [0.25, 0.3) is 0 Å². The van der Waals surface area contributed by atoms with Crippen LogP contribution in [0.25, 0.3) is 0 Å². The summed E-state index contributed by atoms with van der Waals surface area (Å²) in [5.41, 5.74) is 3.45. The van der Waals surface area contributed by atoms with Crippen molar-refractivity contribution in [2.45, 2.75) is 32.9 Å². The topological polar surface area (TPSA) is 73.8 Å². The fourth-order valence-electron chi connectivity index (χ4n) is 3.68. The van der Waals surface area contributed by atoms with Crippen LogP contribution in [-0.2, 0) is 17.8 Å². The second-order valence-corrected chi connectivity index (χ2v) is 7.30. The molecule has 7 nitrogen and oxygen atoms in total. The molecule has 0 radical (unpaired) electrons. The Morgan fingerprint density at radius 2 is 1.94 bits per heavy atom. The average Bonchev–Trinajstić information content (AvgIpc) is 3.13. The molecule has 1 aliphatic heterocycles. The molecule has 1 unspecified atom stereocenters. The Kier molecular flexibility index (Phi) is 6.02. The van der Waals surface area contributed by atoms with Crippen molar-refractivity contribution in [1.29, 1.82) is 0 Å². The number of ether oxygens (including phenoxy) is 3. The number of anilines is 2. The third kappa shape index (κ3) is 4.30. The molecule has 0 saturated heterocycles. The lowest BCUT2D eigenvalue weighted by atomic mass is 10.1. The largest absolute Gasteiger partial charge is 0.497 e. The fourth-order valence-corrected chi connectivity index (χ4v) is 3.68. The van der Waals surface area contributed by atoms with E-state index in [1.54, 1.807) is 14.0 Å². The number of carbonyl (C=O) groups excluding carboxylic acids is 1. The number of nitrogens with zero attached hydrogens (tertiary/aromatic N) is 3. The number of hydrogen-bond donors (Lipinski definition) is 0.